The largest absolute Gasteiger partial charge is 0.460 e. The highest BCUT2D eigenvalue weighted by Gasteiger charge is 2.49. The van der Waals surface area contributed by atoms with E-state index in [1.54, 1.807) is 20.8 Å². The molecule has 5 nitrogen and oxygen atoms in total. The van der Waals surface area contributed by atoms with E-state index >= 15 is 0 Å². The van der Waals surface area contributed by atoms with Gasteiger partial charge in [0.15, 0.2) is 5.72 Å². The number of fused-ring (bicyclic) bond motifs is 1. The molecule has 3 atom stereocenters. The number of rotatable bonds is 2. The van der Waals surface area contributed by atoms with Gasteiger partial charge in [-0.3, -0.25) is 10.5 Å². The van der Waals surface area contributed by atoms with Crippen molar-refractivity contribution in [3.63, 3.8) is 0 Å². The number of hydrogen-bond acceptors (Lipinski definition) is 5. The van der Waals surface area contributed by atoms with E-state index in [2.05, 4.69) is 0 Å². The van der Waals surface area contributed by atoms with Crippen LogP contribution in [0.1, 0.15) is 31.9 Å². The summed E-state index contributed by atoms with van der Waals surface area (Å²) in [6, 6.07) is 7.41. The van der Waals surface area contributed by atoms with Crippen molar-refractivity contribution in [1.82, 2.24) is 0 Å². The molecule has 0 spiro atoms. The molecule has 0 aromatic heterocycles. The van der Waals surface area contributed by atoms with Crippen LogP contribution in [-0.2, 0) is 26.4 Å². The van der Waals surface area contributed by atoms with Gasteiger partial charge in [0.05, 0.1) is 5.92 Å². The molecule has 0 radical (unpaired) electrons. The van der Waals surface area contributed by atoms with Crippen molar-refractivity contribution >= 4 is 5.97 Å². The van der Waals surface area contributed by atoms with Gasteiger partial charge in [0, 0.05) is 12.7 Å². The summed E-state index contributed by atoms with van der Waals surface area (Å²) in [6.07, 6.45) is -0.776. The van der Waals surface area contributed by atoms with Gasteiger partial charge in [-0.1, -0.05) is 24.3 Å². The summed E-state index contributed by atoms with van der Waals surface area (Å²) in [5, 5.41) is 10.6. The average Bonchev–Trinajstić information content (AvgIpc) is 2.41. The fourth-order valence-electron chi connectivity index (χ4n) is 2.71. The lowest BCUT2D eigenvalue weighted by atomic mass is 9.76. The van der Waals surface area contributed by atoms with Crippen LogP contribution in [0.5, 0.6) is 0 Å². The molecule has 116 valence electrons. The van der Waals surface area contributed by atoms with Gasteiger partial charge >= 0.3 is 5.97 Å². The Morgan fingerprint density at radius 3 is 2.57 bits per heavy atom. The topological polar surface area (TPSA) is 81.8 Å². The Balaban J connectivity index is 2.38. The van der Waals surface area contributed by atoms with Gasteiger partial charge in [-0.2, -0.15) is 0 Å². The first-order chi connectivity index (χ1) is 9.69. The van der Waals surface area contributed by atoms with Crippen molar-refractivity contribution in [1.29, 1.82) is 0 Å². The van der Waals surface area contributed by atoms with E-state index in [4.69, 9.17) is 15.2 Å². The standard InChI is InChI=1S/C16H23NO4/c1-15(2,3)21-14(19)11-9-10-7-5-6-8-12(10)16(17,20-4)13(11)18/h5-8,11,13,18H,9,17H2,1-4H3/t11-,13-,16-/m1/s1. The molecule has 0 bridgehead atoms. The number of ether oxygens (including phenoxy) is 2. The van der Waals surface area contributed by atoms with E-state index in [1.807, 2.05) is 24.3 Å². The van der Waals surface area contributed by atoms with Crippen molar-refractivity contribution in [2.45, 2.75) is 44.6 Å². The summed E-state index contributed by atoms with van der Waals surface area (Å²) < 4.78 is 10.7. The van der Waals surface area contributed by atoms with Crippen molar-refractivity contribution in [3.8, 4) is 0 Å². The molecule has 0 saturated heterocycles. The molecule has 21 heavy (non-hydrogen) atoms. The third-order valence-corrected chi connectivity index (χ3v) is 3.75. The quantitative estimate of drug-likeness (QED) is 0.635. The van der Waals surface area contributed by atoms with Gasteiger partial charge in [0.25, 0.3) is 0 Å². The number of methoxy groups -OCH3 is 1. The molecule has 0 fully saturated rings. The first kappa shape index (κ1) is 15.9. The summed E-state index contributed by atoms with van der Waals surface area (Å²) in [5.74, 6) is -1.21. The van der Waals surface area contributed by atoms with E-state index < -0.39 is 29.3 Å². The minimum Gasteiger partial charge on any atom is -0.460 e. The van der Waals surface area contributed by atoms with Crippen molar-refractivity contribution in [2.75, 3.05) is 7.11 Å². The highest BCUT2D eigenvalue weighted by Crippen LogP contribution is 2.38. The number of carbonyl (C=O) groups is 1. The zero-order valence-corrected chi connectivity index (χ0v) is 12.9. The third-order valence-electron chi connectivity index (χ3n) is 3.75. The molecule has 1 aromatic carbocycles. The lowest BCUT2D eigenvalue weighted by Crippen LogP contribution is -2.58. The van der Waals surface area contributed by atoms with Gasteiger partial charge in [-0.25, -0.2) is 0 Å². The van der Waals surface area contributed by atoms with Crippen LogP contribution in [0.3, 0.4) is 0 Å². The van der Waals surface area contributed by atoms with Gasteiger partial charge in [-0.15, -0.1) is 0 Å². The Morgan fingerprint density at radius 2 is 2.00 bits per heavy atom. The molecule has 2 rings (SSSR count). The highest BCUT2D eigenvalue weighted by atomic mass is 16.6. The maximum Gasteiger partial charge on any atom is 0.312 e. The molecule has 0 unspecified atom stereocenters. The summed E-state index contributed by atoms with van der Waals surface area (Å²) in [5.41, 5.74) is 5.81. The number of esters is 1. The van der Waals surface area contributed by atoms with Crippen molar-refractivity contribution in [2.24, 2.45) is 11.7 Å². The second-order valence-corrected chi connectivity index (χ2v) is 6.44. The van der Waals surface area contributed by atoms with Crippen LogP contribution >= 0.6 is 0 Å². The fraction of sp³-hybridized carbons (Fsp3) is 0.562. The van der Waals surface area contributed by atoms with E-state index in [-0.39, 0.29) is 0 Å². The summed E-state index contributed by atoms with van der Waals surface area (Å²) >= 11 is 0. The molecule has 0 saturated carbocycles. The maximum atomic E-state index is 12.3. The Morgan fingerprint density at radius 1 is 1.38 bits per heavy atom. The monoisotopic (exact) mass is 293 g/mol. The molecule has 1 aliphatic rings. The van der Waals surface area contributed by atoms with Crippen LogP contribution in [0.25, 0.3) is 0 Å². The van der Waals surface area contributed by atoms with E-state index in [9.17, 15) is 9.90 Å². The molecule has 1 aromatic rings. The van der Waals surface area contributed by atoms with Crippen molar-refractivity contribution < 1.29 is 19.4 Å². The zero-order valence-electron chi connectivity index (χ0n) is 12.9. The smallest absolute Gasteiger partial charge is 0.312 e. The first-order valence-corrected chi connectivity index (χ1v) is 7.02. The zero-order chi connectivity index (χ0) is 15.8. The van der Waals surface area contributed by atoms with Gasteiger partial charge in [0.2, 0.25) is 0 Å². The van der Waals surface area contributed by atoms with Crippen molar-refractivity contribution in [3.05, 3.63) is 35.4 Å². The Hall–Kier alpha value is -1.43. The Bertz CT molecular complexity index is 537. The molecule has 0 aliphatic heterocycles. The van der Waals surface area contributed by atoms with Gasteiger partial charge in [-0.05, 0) is 32.8 Å². The second kappa shape index (κ2) is 5.40. The van der Waals surface area contributed by atoms with Crippen LogP contribution in [0, 0.1) is 5.92 Å². The van der Waals surface area contributed by atoms with Crippen LogP contribution in [0.15, 0.2) is 24.3 Å². The summed E-state index contributed by atoms with van der Waals surface area (Å²) in [4.78, 5) is 12.3. The van der Waals surface area contributed by atoms with Crippen LogP contribution in [0.4, 0.5) is 0 Å². The number of hydrogen-bond donors (Lipinski definition) is 2. The number of aliphatic hydroxyl groups is 1. The SMILES string of the molecule is CO[C@]1(N)c2ccccc2C[C@@H](C(=O)OC(C)(C)C)[C@H]1O. The normalized spacial score (nSPS) is 28.9. The van der Waals surface area contributed by atoms with Crippen LogP contribution in [0.2, 0.25) is 0 Å². The molecule has 0 amide bonds. The Labute approximate surface area is 125 Å². The fourth-order valence-corrected chi connectivity index (χ4v) is 2.71. The number of benzene rings is 1. The molecular formula is C16H23NO4. The highest BCUT2D eigenvalue weighted by molar-refractivity contribution is 5.75. The molecular weight excluding hydrogens is 270 g/mol. The average molecular weight is 293 g/mol. The van der Waals surface area contributed by atoms with Crippen LogP contribution < -0.4 is 5.73 Å². The minimum absolute atomic E-state index is 0.383. The summed E-state index contributed by atoms with van der Waals surface area (Å²) in [7, 11) is 1.43. The predicted octanol–water partition coefficient (Wildman–Crippen LogP) is 1.32. The van der Waals surface area contributed by atoms with E-state index in [0.29, 0.717) is 12.0 Å². The summed E-state index contributed by atoms with van der Waals surface area (Å²) in [6.45, 7) is 5.38. The molecule has 5 heteroatoms. The third kappa shape index (κ3) is 2.95. The van der Waals surface area contributed by atoms with E-state index in [0.717, 1.165) is 5.56 Å². The van der Waals surface area contributed by atoms with Gasteiger partial charge < -0.3 is 14.6 Å². The lowest BCUT2D eigenvalue weighted by molar-refractivity contribution is -0.180. The van der Waals surface area contributed by atoms with E-state index in [1.165, 1.54) is 7.11 Å². The predicted molar refractivity (Wildman–Crippen MR) is 78.4 cm³/mol. The van der Waals surface area contributed by atoms with Crippen LogP contribution in [-0.4, -0.2) is 29.9 Å². The lowest BCUT2D eigenvalue weighted by Gasteiger charge is -2.42. The maximum absolute atomic E-state index is 12.3. The first-order valence-electron chi connectivity index (χ1n) is 7.02. The van der Waals surface area contributed by atoms with Gasteiger partial charge in [0.1, 0.15) is 11.7 Å². The Kier molecular flexibility index (Phi) is 4.10. The number of carbonyl (C=O) groups excluding carboxylic acids is 1. The molecule has 0 heterocycles. The molecule has 1 aliphatic carbocycles. The number of nitrogens with two attached hydrogens (primary N) is 1. The second-order valence-electron chi connectivity index (χ2n) is 6.44. The molecule has 3 N–H and O–H groups in total. The number of aliphatic hydroxyl groups excluding tert-OH is 1. The minimum atomic E-state index is -1.41.